The minimum Gasteiger partial charge on any atom is -0.481 e. The van der Waals surface area contributed by atoms with Crippen molar-refractivity contribution in [1.82, 2.24) is 9.55 Å². The smallest absolute Gasteiger partial charge is 0.313 e. The number of thioether (sulfide) groups is 1. The number of aliphatic carboxylic acids is 1. The Morgan fingerprint density at radius 3 is 2.95 bits per heavy atom. The Hall–Kier alpha value is -0.830. The molecular weight excluding hydrogens is 382 g/mol. The van der Waals surface area contributed by atoms with Crippen molar-refractivity contribution in [2.75, 3.05) is 5.75 Å². The Bertz CT molecular complexity index is 630. The van der Waals surface area contributed by atoms with Gasteiger partial charge >= 0.3 is 5.97 Å². The highest BCUT2D eigenvalue weighted by molar-refractivity contribution is 14.1. The monoisotopic (exact) mass is 394 g/mol. The number of carboxylic acids is 1. The van der Waals surface area contributed by atoms with Crippen LogP contribution in [-0.2, 0) is 11.3 Å². The Morgan fingerprint density at radius 2 is 2.32 bits per heavy atom. The van der Waals surface area contributed by atoms with E-state index in [0.717, 1.165) is 18.2 Å². The van der Waals surface area contributed by atoms with Crippen LogP contribution in [0.25, 0.3) is 11.0 Å². The molecule has 2 rings (SSSR count). The normalized spacial score (nSPS) is 11.1. The van der Waals surface area contributed by atoms with Gasteiger partial charge in [-0.2, -0.15) is 0 Å². The van der Waals surface area contributed by atoms with Gasteiger partial charge in [0.25, 0.3) is 0 Å². The molecule has 0 aliphatic heterocycles. The molecule has 19 heavy (non-hydrogen) atoms. The molecule has 1 heterocycles. The number of aromatic nitrogens is 2. The third-order valence-electron chi connectivity index (χ3n) is 2.53. The molecule has 0 aliphatic carbocycles. The number of hydrogen-bond donors (Lipinski definition) is 1. The minimum atomic E-state index is -0.888. The van der Waals surface area contributed by atoms with Crippen molar-refractivity contribution in [2.24, 2.45) is 0 Å². The summed E-state index contributed by atoms with van der Waals surface area (Å²) < 4.78 is 16.0. The van der Waals surface area contributed by atoms with E-state index < -0.39 is 5.97 Å². The van der Waals surface area contributed by atoms with Crippen molar-refractivity contribution in [3.05, 3.63) is 21.5 Å². The molecule has 0 aliphatic rings. The molecule has 0 spiro atoms. The molecule has 0 saturated heterocycles. The summed E-state index contributed by atoms with van der Waals surface area (Å²) in [5.74, 6) is -1.21. The zero-order valence-corrected chi connectivity index (χ0v) is 13.2. The number of aryl methyl sites for hydroxylation is 1. The molecule has 102 valence electrons. The van der Waals surface area contributed by atoms with Crippen LogP contribution in [0.5, 0.6) is 0 Å². The highest BCUT2D eigenvalue weighted by Crippen LogP contribution is 2.27. The fraction of sp³-hybridized carbons (Fsp3) is 0.333. The van der Waals surface area contributed by atoms with Crippen molar-refractivity contribution in [3.8, 4) is 0 Å². The number of carbonyl (C=O) groups is 1. The summed E-state index contributed by atoms with van der Waals surface area (Å²) in [6.07, 6.45) is 0.875. The van der Waals surface area contributed by atoms with Crippen LogP contribution in [0.4, 0.5) is 4.39 Å². The van der Waals surface area contributed by atoms with E-state index in [4.69, 9.17) is 5.11 Å². The third kappa shape index (κ3) is 3.19. The molecule has 1 aromatic heterocycles. The third-order valence-corrected chi connectivity index (χ3v) is 4.32. The molecule has 0 amide bonds. The van der Waals surface area contributed by atoms with Crippen molar-refractivity contribution in [2.45, 2.75) is 25.0 Å². The lowest BCUT2D eigenvalue weighted by Crippen LogP contribution is -2.03. The number of nitrogens with zero attached hydrogens (tertiary/aromatic N) is 2. The van der Waals surface area contributed by atoms with Gasteiger partial charge in [0.2, 0.25) is 0 Å². The second-order valence-corrected chi connectivity index (χ2v) is 6.09. The molecule has 1 aromatic carbocycles. The average Bonchev–Trinajstić information content (AvgIpc) is 2.66. The first kappa shape index (κ1) is 14.6. The molecule has 7 heteroatoms. The zero-order valence-electron chi connectivity index (χ0n) is 10.2. The van der Waals surface area contributed by atoms with Gasteiger partial charge in [-0.15, -0.1) is 0 Å². The molecule has 0 atom stereocenters. The lowest BCUT2D eigenvalue weighted by molar-refractivity contribution is -0.133. The standard InChI is InChI=1S/C12H12FIN2O2S/c1-2-3-16-10-4-7(13)8(14)5-9(10)15-12(16)19-6-11(17)18/h4-5H,2-3,6H2,1H3,(H,17,18). The maximum atomic E-state index is 13.6. The fourth-order valence-corrected chi connectivity index (χ4v) is 2.99. The summed E-state index contributed by atoms with van der Waals surface area (Å²) >= 11 is 3.08. The number of rotatable bonds is 5. The van der Waals surface area contributed by atoms with Gasteiger partial charge in [0, 0.05) is 12.6 Å². The molecule has 0 unspecified atom stereocenters. The second-order valence-electron chi connectivity index (χ2n) is 3.98. The number of carboxylic acid groups (broad SMARTS) is 1. The lowest BCUT2D eigenvalue weighted by atomic mass is 10.3. The highest BCUT2D eigenvalue weighted by atomic mass is 127. The van der Waals surface area contributed by atoms with Crippen molar-refractivity contribution >= 4 is 51.4 Å². The first-order chi connectivity index (χ1) is 9.02. The van der Waals surface area contributed by atoms with Gasteiger partial charge in [-0.3, -0.25) is 4.79 Å². The second kappa shape index (κ2) is 6.08. The van der Waals surface area contributed by atoms with Crippen LogP contribution < -0.4 is 0 Å². The van der Waals surface area contributed by atoms with E-state index in [9.17, 15) is 9.18 Å². The van der Waals surface area contributed by atoms with Gasteiger partial charge < -0.3 is 9.67 Å². The molecule has 4 nitrogen and oxygen atoms in total. The van der Waals surface area contributed by atoms with Gasteiger partial charge in [-0.25, -0.2) is 9.37 Å². The van der Waals surface area contributed by atoms with E-state index in [1.54, 1.807) is 6.07 Å². The number of imidazole rings is 1. The summed E-state index contributed by atoms with van der Waals surface area (Å²) in [6, 6.07) is 3.15. The maximum absolute atomic E-state index is 13.6. The van der Waals surface area contributed by atoms with E-state index in [-0.39, 0.29) is 11.6 Å². The van der Waals surface area contributed by atoms with Crippen LogP contribution in [0, 0.1) is 9.39 Å². The summed E-state index contributed by atoms with van der Waals surface area (Å²) in [5.41, 5.74) is 1.42. The quantitative estimate of drug-likeness (QED) is 0.624. The predicted molar refractivity (Wildman–Crippen MR) is 81.1 cm³/mol. The first-order valence-corrected chi connectivity index (χ1v) is 7.79. The van der Waals surface area contributed by atoms with Gasteiger partial charge in [-0.1, -0.05) is 18.7 Å². The largest absolute Gasteiger partial charge is 0.481 e. The van der Waals surface area contributed by atoms with Crippen molar-refractivity contribution in [1.29, 1.82) is 0 Å². The Balaban J connectivity index is 2.49. The summed E-state index contributed by atoms with van der Waals surface area (Å²) in [4.78, 5) is 15.0. The predicted octanol–water partition coefficient (Wildman–Crippen LogP) is 3.37. The first-order valence-electron chi connectivity index (χ1n) is 5.72. The van der Waals surface area contributed by atoms with E-state index in [1.165, 1.54) is 6.07 Å². The zero-order chi connectivity index (χ0) is 14.0. The Morgan fingerprint density at radius 1 is 1.58 bits per heavy atom. The topological polar surface area (TPSA) is 55.1 Å². The molecule has 0 fully saturated rings. The van der Waals surface area contributed by atoms with Crippen LogP contribution >= 0.6 is 34.4 Å². The van der Waals surface area contributed by atoms with Crippen molar-refractivity contribution < 1.29 is 14.3 Å². The molecule has 1 N–H and O–H groups in total. The molecule has 0 saturated carbocycles. The highest BCUT2D eigenvalue weighted by Gasteiger charge is 2.14. The van der Waals surface area contributed by atoms with Crippen LogP contribution in [0.2, 0.25) is 0 Å². The average molecular weight is 394 g/mol. The number of hydrogen-bond acceptors (Lipinski definition) is 3. The van der Waals surface area contributed by atoms with E-state index >= 15 is 0 Å². The van der Waals surface area contributed by atoms with Gasteiger partial charge in [0.15, 0.2) is 5.16 Å². The number of halogens is 2. The minimum absolute atomic E-state index is 0.0490. The van der Waals surface area contributed by atoms with E-state index in [2.05, 4.69) is 4.98 Å². The maximum Gasteiger partial charge on any atom is 0.313 e. The molecule has 2 aromatic rings. The van der Waals surface area contributed by atoms with Gasteiger partial charge in [0.05, 0.1) is 20.4 Å². The Kier molecular flexibility index (Phi) is 4.67. The summed E-state index contributed by atoms with van der Waals surface area (Å²) in [6.45, 7) is 2.71. The van der Waals surface area contributed by atoms with Crippen LogP contribution in [0.15, 0.2) is 17.3 Å². The van der Waals surface area contributed by atoms with E-state index in [0.29, 0.717) is 26.3 Å². The van der Waals surface area contributed by atoms with Gasteiger partial charge in [0.1, 0.15) is 5.82 Å². The van der Waals surface area contributed by atoms with Crippen LogP contribution in [0.1, 0.15) is 13.3 Å². The van der Waals surface area contributed by atoms with E-state index in [1.807, 2.05) is 34.1 Å². The summed E-state index contributed by atoms with van der Waals surface area (Å²) in [7, 11) is 0. The molecule has 0 radical (unpaired) electrons. The van der Waals surface area contributed by atoms with Gasteiger partial charge in [-0.05, 0) is 35.1 Å². The number of benzene rings is 1. The van der Waals surface area contributed by atoms with Crippen LogP contribution in [0.3, 0.4) is 0 Å². The summed E-state index contributed by atoms with van der Waals surface area (Å²) in [5, 5.41) is 9.37. The van der Waals surface area contributed by atoms with Crippen LogP contribution in [-0.4, -0.2) is 26.4 Å². The molecular formula is C12H12FIN2O2S. The molecule has 0 bridgehead atoms. The SMILES string of the molecule is CCCn1c(SCC(=O)O)nc2cc(I)c(F)cc21. The van der Waals surface area contributed by atoms with Crippen molar-refractivity contribution in [3.63, 3.8) is 0 Å². The fourth-order valence-electron chi connectivity index (χ4n) is 1.77. The Labute approximate surface area is 127 Å². The lowest BCUT2D eigenvalue weighted by Gasteiger charge is -2.06. The number of fused-ring (bicyclic) bond motifs is 1.